The zero-order chi connectivity index (χ0) is 7.07. The van der Waals surface area contributed by atoms with Crippen LogP contribution in [0.4, 0.5) is 0 Å². The molecule has 0 aromatic carbocycles. The lowest BCUT2D eigenvalue weighted by molar-refractivity contribution is 0.229. The minimum atomic E-state index is 0.183. The van der Waals surface area contributed by atoms with Gasteiger partial charge in [0.05, 0.1) is 12.3 Å². The van der Waals surface area contributed by atoms with E-state index in [4.69, 9.17) is 5.11 Å². The van der Waals surface area contributed by atoms with Gasteiger partial charge in [-0.15, -0.1) is 0 Å². The molecule has 2 unspecified atom stereocenters. The first-order valence-corrected chi connectivity index (χ1v) is 3.23. The molecule has 9 heavy (non-hydrogen) atoms. The summed E-state index contributed by atoms with van der Waals surface area (Å²) in [5.74, 6) is 0. The number of nitrogens with zero attached hydrogens (tertiary/aromatic N) is 2. The number of hydrogen-bond donors (Lipinski definition) is 1. The lowest BCUT2D eigenvalue weighted by atomic mass is 10.3. The molecule has 0 bridgehead atoms. The second kappa shape index (κ2) is 1.94. The number of β-amino-alcohol motifs (C(OH)–C–C–N with tert-alkyl or cyclic N) is 1. The molecule has 54 valence electrons. The standard InChI is InChI=1S/C6H14N2O/c1-6(2)7(3)8(6)4-5-9/h9H,4-5H2,1-3H3. The average Bonchev–Trinajstić information content (AvgIpc) is 2.19. The molecule has 1 heterocycles. The van der Waals surface area contributed by atoms with Crippen molar-refractivity contribution in [2.45, 2.75) is 19.5 Å². The van der Waals surface area contributed by atoms with E-state index >= 15 is 0 Å². The highest BCUT2D eigenvalue weighted by Crippen LogP contribution is 2.34. The van der Waals surface area contributed by atoms with Crippen molar-refractivity contribution in [1.82, 2.24) is 10.0 Å². The zero-order valence-corrected chi connectivity index (χ0v) is 6.26. The summed E-state index contributed by atoms with van der Waals surface area (Å²) in [6, 6.07) is 0. The van der Waals surface area contributed by atoms with Crippen molar-refractivity contribution in [2.24, 2.45) is 0 Å². The summed E-state index contributed by atoms with van der Waals surface area (Å²) < 4.78 is 0. The molecule has 0 aromatic rings. The van der Waals surface area contributed by atoms with Gasteiger partial charge in [0.2, 0.25) is 0 Å². The summed E-state index contributed by atoms with van der Waals surface area (Å²) in [5, 5.41) is 12.8. The fourth-order valence-corrected chi connectivity index (χ4v) is 1.11. The first kappa shape index (κ1) is 6.99. The van der Waals surface area contributed by atoms with Crippen LogP contribution in [0.25, 0.3) is 0 Å². The quantitative estimate of drug-likeness (QED) is 0.528. The van der Waals surface area contributed by atoms with E-state index in [1.165, 1.54) is 0 Å². The Kier molecular flexibility index (Phi) is 1.50. The van der Waals surface area contributed by atoms with Crippen LogP contribution < -0.4 is 0 Å². The molecule has 0 spiro atoms. The fourth-order valence-electron chi connectivity index (χ4n) is 1.11. The number of rotatable bonds is 2. The van der Waals surface area contributed by atoms with Crippen LogP contribution >= 0.6 is 0 Å². The molecule has 1 rings (SSSR count). The maximum atomic E-state index is 8.56. The molecule has 0 saturated carbocycles. The second-order valence-corrected chi connectivity index (χ2v) is 2.86. The van der Waals surface area contributed by atoms with Crippen molar-refractivity contribution in [2.75, 3.05) is 20.2 Å². The normalized spacial score (nSPS) is 38.7. The Morgan fingerprint density at radius 3 is 2.00 bits per heavy atom. The van der Waals surface area contributed by atoms with Crippen molar-refractivity contribution in [3.63, 3.8) is 0 Å². The average molecular weight is 130 g/mol. The molecule has 0 aromatic heterocycles. The van der Waals surface area contributed by atoms with Crippen molar-refractivity contribution in [3.05, 3.63) is 0 Å². The van der Waals surface area contributed by atoms with Crippen molar-refractivity contribution < 1.29 is 5.11 Å². The van der Waals surface area contributed by atoms with Crippen LogP contribution in [0.5, 0.6) is 0 Å². The predicted octanol–water partition coefficient (Wildman–Crippen LogP) is -0.123. The lowest BCUT2D eigenvalue weighted by Crippen LogP contribution is -2.12. The maximum Gasteiger partial charge on any atom is 0.0946 e. The van der Waals surface area contributed by atoms with Crippen LogP contribution in [-0.4, -0.2) is 41.0 Å². The van der Waals surface area contributed by atoms with Gasteiger partial charge in [0.1, 0.15) is 0 Å². The van der Waals surface area contributed by atoms with Crippen LogP contribution in [0.3, 0.4) is 0 Å². The van der Waals surface area contributed by atoms with Gasteiger partial charge >= 0.3 is 0 Å². The highest BCUT2D eigenvalue weighted by atomic mass is 16.3. The van der Waals surface area contributed by atoms with Crippen LogP contribution in [0, 0.1) is 0 Å². The molecule has 3 heteroatoms. The Hall–Kier alpha value is -0.120. The third kappa shape index (κ3) is 0.956. The molecule has 0 radical (unpaired) electrons. The molecule has 0 aliphatic carbocycles. The maximum absolute atomic E-state index is 8.56. The summed E-state index contributed by atoms with van der Waals surface area (Å²) in [5.41, 5.74) is 0.183. The minimum absolute atomic E-state index is 0.183. The summed E-state index contributed by atoms with van der Waals surface area (Å²) in [4.78, 5) is 0. The highest BCUT2D eigenvalue weighted by Gasteiger charge is 2.49. The predicted molar refractivity (Wildman–Crippen MR) is 35.6 cm³/mol. The number of hydrazine groups is 1. The van der Waals surface area contributed by atoms with Crippen LogP contribution in [-0.2, 0) is 0 Å². The summed E-state index contributed by atoms with van der Waals surface area (Å²) >= 11 is 0. The molecule has 3 nitrogen and oxygen atoms in total. The molecule has 1 aliphatic heterocycles. The van der Waals surface area contributed by atoms with E-state index in [1.807, 2.05) is 7.05 Å². The Labute approximate surface area is 55.8 Å². The SMILES string of the molecule is CN1N(CCO)C1(C)C. The molecule has 1 aliphatic rings. The summed E-state index contributed by atoms with van der Waals surface area (Å²) in [6.07, 6.45) is 0. The lowest BCUT2D eigenvalue weighted by Gasteiger charge is -1.97. The van der Waals surface area contributed by atoms with Gasteiger partial charge in [-0.05, 0) is 13.8 Å². The molecule has 0 amide bonds. The van der Waals surface area contributed by atoms with Crippen molar-refractivity contribution >= 4 is 0 Å². The minimum Gasteiger partial charge on any atom is -0.395 e. The van der Waals surface area contributed by atoms with E-state index in [-0.39, 0.29) is 12.3 Å². The molecule has 1 N–H and O–H groups in total. The number of aliphatic hydroxyl groups is 1. The highest BCUT2D eigenvalue weighted by molar-refractivity contribution is 4.90. The van der Waals surface area contributed by atoms with Gasteiger partial charge in [0.25, 0.3) is 0 Å². The van der Waals surface area contributed by atoms with Gasteiger partial charge in [-0.25, -0.2) is 10.0 Å². The Balaban J connectivity index is 2.33. The van der Waals surface area contributed by atoms with Crippen LogP contribution in [0.15, 0.2) is 0 Å². The topological polar surface area (TPSA) is 26.2 Å². The summed E-state index contributed by atoms with van der Waals surface area (Å²) in [6.45, 7) is 5.25. The Morgan fingerprint density at radius 1 is 1.44 bits per heavy atom. The second-order valence-electron chi connectivity index (χ2n) is 2.86. The van der Waals surface area contributed by atoms with E-state index in [0.29, 0.717) is 0 Å². The number of hydrogen-bond acceptors (Lipinski definition) is 3. The molecule has 1 fully saturated rings. The van der Waals surface area contributed by atoms with Gasteiger partial charge in [-0.3, -0.25) is 0 Å². The first-order chi connectivity index (χ1) is 4.10. The summed E-state index contributed by atoms with van der Waals surface area (Å²) in [7, 11) is 2.02. The van der Waals surface area contributed by atoms with Gasteiger partial charge in [0.15, 0.2) is 0 Å². The largest absolute Gasteiger partial charge is 0.395 e. The third-order valence-electron chi connectivity index (χ3n) is 2.06. The van der Waals surface area contributed by atoms with E-state index in [2.05, 4.69) is 23.9 Å². The molecule has 1 saturated heterocycles. The monoisotopic (exact) mass is 130 g/mol. The van der Waals surface area contributed by atoms with E-state index < -0.39 is 0 Å². The van der Waals surface area contributed by atoms with Crippen molar-refractivity contribution in [3.8, 4) is 0 Å². The van der Waals surface area contributed by atoms with Crippen LogP contribution in [0.2, 0.25) is 0 Å². The number of aliphatic hydroxyl groups excluding tert-OH is 1. The van der Waals surface area contributed by atoms with Gasteiger partial charge in [-0.2, -0.15) is 0 Å². The van der Waals surface area contributed by atoms with Crippen molar-refractivity contribution in [1.29, 1.82) is 0 Å². The zero-order valence-electron chi connectivity index (χ0n) is 6.26. The Bertz CT molecular complexity index is 114. The third-order valence-corrected chi connectivity index (χ3v) is 2.06. The van der Waals surface area contributed by atoms with E-state index in [1.54, 1.807) is 0 Å². The van der Waals surface area contributed by atoms with Gasteiger partial charge in [-0.1, -0.05) is 0 Å². The van der Waals surface area contributed by atoms with Crippen LogP contribution in [0.1, 0.15) is 13.8 Å². The molecule has 2 atom stereocenters. The van der Waals surface area contributed by atoms with Gasteiger partial charge in [0, 0.05) is 13.6 Å². The first-order valence-electron chi connectivity index (χ1n) is 3.23. The molecular weight excluding hydrogens is 116 g/mol. The van der Waals surface area contributed by atoms with Gasteiger partial charge < -0.3 is 5.11 Å². The smallest absolute Gasteiger partial charge is 0.0946 e. The molecular formula is C6H14N2O. The fraction of sp³-hybridized carbons (Fsp3) is 1.00. The van der Waals surface area contributed by atoms with E-state index in [9.17, 15) is 0 Å². The van der Waals surface area contributed by atoms with E-state index in [0.717, 1.165) is 6.54 Å². The Morgan fingerprint density at radius 2 is 1.89 bits per heavy atom.